The molecule has 3 aromatic carbocycles. The third kappa shape index (κ3) is 7.51. The highest BCUT2D eigenvalue weighted by molar-refractivity contribution is 7.92. The largest absolute Gasteiger partial charge is 0.490 e. The van der Waals surface area contributed by atoms with Gasteiger partial charge in [-0.3, -0.25) is 29.7 Å². The van der Waals surface area contributed by atoms with Gasteiger partial charge in [0.05, 0.1) is 52.5 Å². The SMILES string of the molecule is CCOc1cc(C(C(=O)N2CCC(C(=O)OC)C2c2cc([N+](=O)[O-])ccc2S(=O)(=O)C(C)C)N(N)c2ccc3cnccc3c2)ccc1OC(C)C. The van der Waals surface area contributed by atoms with Crippen LogP contribution < -0.4 is 20.3 Å². The molecule has 0 spiro atoms. The number of benzene rings is 3. The smallest absolute Gasteiger partial charge is 0.311 e. The average molecular weight is 734 g/mol. The first-order valence-electron chi connectivity index (χ1n) is 16.9. The first-order valence-corrected chi connectivity index (χ1v) is 18.5. The zero-order chi connectivity index (χ0) is 37.9. The number of sulfone groups is 1. The van der Waals surface area contributed by atoms with Gasteiger partial charge in [0.25, 0.3) is 11.6 Å². The number of anilines is 1. The number of non-ortho nitro benzene ring substituents is 1. The predicted molar refractivity (Wildman–Crippen MR) is 195 cm³/mol. The molecular formula is C37H43N5O9S. The van der Waals surface area contributed by atoms with E-state index in [1.54, 1.807) is 36.7 Å². The van der Waals surface area contributed by atoms with Gasteiger partial charge < -0.3 is 19.1 Å². The van der Waals surface area contributed by atoms with Gasteiger partial charge in [0, 0.05) is 42.0 Å². The highest BCUT2D eigenvalue weighted by Crippen LogP contribution is 2.45. The zero-order valence-electron chi connectivity index (χ0n) is 29.9. The van der Waals surface area contributed by atoms with Crippen LogP contribution in [0.25, 0.3) is 10.8 Å². The number of nitro groups is 1. The number of carbonyl (C=O) groups is 2. The van der Waals surface area contributed by atoms with Gasteiger partial charge in [-0.2, -0.15) is 0 Å². The van der Waals surface area contributed by atoms with E-state index in [4.69, 9.17) is 20.1 Å². The zero-order valence-corrected chi connectivity index (χ0v) is 30.7. The number of hydrogen-bond donors (Lipinski definition) is 1. The van der Waals surface area contributed by atoms with Gasteiger partial charge in [0.2, 0.25) is 0 Å². The van der Waals surface area contributed by atoms with Crippen LogP contribution in [0.3, 0.4) is 0 Å². The van der Waals surface area contributed by atoms with Crippen molar-refractivity contribution in [1.82, 2.24) is 9.88 Å². The number of likely N-dealkylation sites (tertiary alicyclic amines) is 1. The number of fused-ring (bicyclic) bond motifs is 1. The molecule has 1 aliphatic rings. The summed E-state index contributed by atoms with van der Waals surface area (Å²) >= 11 is 0. The highest BCUT2D eigenvalue weighted by atomic mass is 32.2. The molecule has 5 rings (SSSR count). The molecule has 0 radical (unpaired) electrons. The van der Waals surface area contributed by atoms with Gasteiger partial charge in [-0.25, -0.2) is 14.3 Å². The maximum absolute atomic E-state index is 15.2. The minimum atomic E-state index is -4.06. The molecule has 2 N–H and O–H groups in total. The highest BCUT2D eigenvalue weighted by Gasteiger charge is 2.48. The molecule has 276 valence electrons. The Kier molecular flexibility index (Phi) is 11.3. The Hall–Kier alpha value is -5.28. The van der Waals surface area contributed by atoms with E-state index in [1.807, 2.05) is 39.0 Å². The number of nitro benzene ring substituents is 1. The van der Waals surface area contributed by atoms with Crippen molar-refractivity contribution >= 4 is 43.9 Å². The molecule has 1 fully saturated rings. The number of hydrazine groups is 1. The van der Waals surface area contributed by atoms with Gasteiger partial charge in [0.1, 0.15) is 6.04 Å². The number of nitrogens with zero attached hydrogens (tertiary/aromatic N) is 4. The maximum Gasteiger partial charge on any atom is 0.311 e. The van der Waals surface area contributed by atoms with E-state index in [-0.39, 0.29) is 29.5 Å². The molecule has 2 heterocycles. The summed E-state index contributed by atoms with van der Waals surface area (Å²) in [5.41, 5.74) is 0.429. The number of methoxy groups -OCH3 is 1. The van der Waals surface area contributed by atoms with Crippen LogP contribution in [0.1, 0.15) is 64.3 Å². The van der Waals surface area contributed by atoms with E-state index >= 15 is 4.79 Å². The number of pyridine rings is 1. The number of aromatic nitrogens is 1. The summed E-state index contributed by atoms with van der Waals surface area (Å²) in [5, 5.41) is 14.1. The summed E-state index contributed by atoms with van der Waals surface area (Å²) < 4.78 is 44.5. The van der Waals surface area contributed by atoms with Gasteiger partial charge in [-0.15, -0.1) is 0 Å². The van der Waals surface area contributed by atoms with Crippen LogP contribution in [0.15, 0.2) is 78.0 Å². The normalized spacial score (nSPS) is 16.6. The number of esters is 1. The lowest BCUT2D eigenvalue weighted by molar-refractivity contribution is -0.385. The second kappa shape index (κ2) is 15.5. The molecule has 1 aliphatic heterocycles. The molecule has 15 heteroatoms. The summed E-state index contributed by atoms with van der Waals surface area (Å²) in [4.78, 5) is 45.2. The number of rotatable bonds is 13. The third-order valence-electron chi connectivity index (χ3n) is 9.02. The van der Waals surface area contributed by atoms with Gasteiger partial charge in [-0.05, 0) is 88.4 Å². The lowest BCUT2D eigenvalue weighted by Gasteiger charge is -2.36. The number of nitrogens with two attached hydrogens (primary N) is 1. The van der Waals surface area contributed by atoms with Crippen LogP contribution in [0.5, 0.6) is 11.5 Å². The molecule has 3 unspecified atom stereocenters. The maximum atomic E-state index is 15.2. The van der Waals surface area contributed by atoms with E-state index < -0.39 is 55.6 Å². The van der Waals surface area contributed by atoms with Crippen molar-refractivity contribution < 1.29 is 37.1 Å². The predicted octanol–water partition coefficient (Wildman–Crippen LogP) is 5.70. The first-order chi connectivity index (χ1) is 24.7. The molecule has 0 aliphatic carbocycles. The van der Waals surface area contributed by atoms with Crippen LogP contribution in [-0.2, 0) is 24.2 Å². The Morgan fingerprint density at radius 2 is 1.79 bits per heavy atom. The van der Waals surface area contributed by atoms with Crippen LogP contribution in [0.4, 0.5) is 11.4 Å². The summed E-state index contributed by atoms with van der Waals surface area (Å²) in [6, 6.07) is 13.1. The molecule has 4 aromatic rings. The number of hydrogen-bond acceptors (Lipinski definition) is 12. The third-order valence-corrected chi connectivity index (χ3v) is 11.2. The molecule has 3 atom stereocenters. The Morgan fingerprint density at radius 3 is 2.44 bits per heavy atom. The van der Waals surface area contributed by atoms with E-state index in [0.29, 0.717) is 29.4 Å². The standard InChI is InChI=1S/C37H43N5O9S/c1-7-50-32-19-25(9-12-31(32)51-22(2)3)34(41(38)27-10-8-26-21-39-16-14-24(26)18-27)36(43)40-17-15-29(37(44)49-6)35(40)30-20-28(42(45)46)11-13-33(30)52(47,48)23(4)5/h8-14,16,18-23,29,34-35H,7,15,17,38H2,1-6H3. The summed E-state index contributed by atoms with van der Waals surface area (Å²) in [7, 11) is -2.86. The van der Waals surface area contributed by atoms with Crippen LogP contribution >= 0.6 is 0 Å². The number of amides is 1. The molecule has 1 amide bonds. The minimum Gasteiger partial charge on any atom is -0.490 e. The molecule has 1 saturated heterocycles. The van der Waals surface area contributed by atoms with Gasteiger partial charge in [-0.1, -0.05) is 12.1 Å². The van der Waals surface area contributed by atoms with E-state index in [9.17, 15) is 23.3 Å². The fourth-order valence-corrected chi connectivity index (χ4v) is 7.76. The van der Waals surface area contributed by atoms with Crippen LogP contribution in [0.2, 0.25) is 0 Å². The first kappa shape index (κ1) is 38.0. The molecule has 14 nitrogen and oxygen atoms in total. The molecule has 1 aromatic heterocycles. The Balaban J connectivity index is 1.73. The Labute approximate surface area is 302 Å². The fraction of sp³-hybridized carbons (Fsp3) is 0.378. The Morgan fingerprint density at radius 1 is 1.04 bits per heavy atom. The molecular weight excluding hydrogens is 690 g/mol. The topological polar surface area (TPSA) is 185 Å². The quantitative estimate of drug-likeness (QED) is 0.0767. The van der Waals surface area contributed by atoms with Gasteiger partial charge >= 0.3 is 5.97 Å². The van der Waals surface area contributed by atoms with Crippen molar-refractivity contribution in [1.29, 1.82) is 0 Å². The van der Waals surface area contributed by atoms with E-state index in [0.717, 1.165) is 29.0 Å². The van der Waals surface area contributed by atoms with Crippen molar-refractivity contribution in [2.75, 3.05) is 25.3 Å². The van der Waals surface area contributed by atoms with Crippen molar-refractivity contribution in [2.24, 2.45) is 11.8 Å². The van der Waals surface area contributed by atoms with Crippen LogP contribution in [-0.4, -0.2) is 66.7 Å². The molecule has 0 saturated carbocycles. The number of carbonyl (C=O) groups excluding carboxylic acids is 2. The molecule has 0 bridgehead atoms. The summed E-state index contributed by atoms with van der Waals surface area (Å²) in [5.74, 6) is 5.40. The van der Waals surface area contributed by atoms with Crippen molar-refractivity contribution in [3.63, 3.8) is 0 Å². The van der Waals surface area contributed by atoms with E-state index in [2.05, 4.69) is 4.98 Å². The summed E-state index contributed by atoms with van der Waals surface area (Å²) in [6.45, 7) is 8.84. The lowest BCUT2D eigenvalue weighted by Crippen LogP contribution is -2.47. The van der Waals surface area contributed by atoms with Crippen LogP contribution in [0, 0.1) is 16.0 Å². The fourth-order valence-electron chi connectivity index (χ4n) is 6.49. The number of ether oxygens (including phenoxy) is 3. The van der Waals surface area contributed by atoms with Crippen molar-refractivity contribution in [3.8, 4) is 11.5 Å². The monoisotopic (exact) mass is 733 g/mol. The van der Waals surface area contributed by atoms with Gasteiger partial charge in [0.15, 0.2) is 21.3 Å². The lowest BCUT2D eigenvalue weighted by atomic mass is 9.92. The van der Waals surface area contributed by atoms with Crippen molar-refractivity contribution in [2.45, 2.75) is 69.4 Å². The van der Waals surface area contributed by atoms with Crippen molar-refractivity contribution in [3.05, 3.63) is 94.3 Å². The Bertz CT molecular complexity index is 2090. The van der Waals surface area contributed by atoms with E-state index in [1.165, 1.54) is 30.9 Å². The molecule has 52 heavy (non-hydrogen) atoms. The minimum absolute atomic E-state index is 0.00623. The average Bonchev–Trinajstić information content (AvgIpc) is 3.57. The second-order valence-corrected chi connectivity index (χ2v) is 15.5. The summed E-state index contributed by atoms with van der Waals surface area (Å²) in [6.07, 6.45) is 3.26. The second-order valence-electron chi connectivity index (χ2n) is 13.0.